The molecule has 0 aromatic carbocycles. The molecule has 80 valence electrons. The second-order valence-electron chi connectivity index (χ2n) is 3.81. The van der Waals surface area contributed by atoms with Crippen molar-refractivity contribution in [2.45, 2.75) is 18.5 Å². The lowest BCUT2D eigenvalue weighted by Gasteiger charge is -2.37. The van der Waals surface area contributed by atoms with Crippen LogP contribution in [0.3, 0.4) is 0 Å². The van der Waals surface area contributed by atoms with E-state index in [9.17, 15) is 4.79 Å². The first-order valence-electron chi connectivity index (χ1n) is 5.07. The second kappa shape index (κ2) is 3.98. The standard InChI is InChI=1S/C11H15N3O/c1-12-8-6-9-10(4-3-5-13-9)14(2)11(8)7-15/h3-5,7-8,11-12H,6H2,1-2H3. The monoisotopic (exact) mass is 205 g/mol. The predicted octanol–water partition coefficient (Wildman–Crippen LogP) is 0.229. The van der Waals surface area contributed by atoms with Gasteiger partial charge in [-0.2, -0.15) is 0 Å². The van der Waals surface area contributed by atoms with Crippen LogP contribution in [0.5, 0.6) is 0 Å². The Morgan fingerprint density at radius 1 is 1.67 bits per heavy atom. The topological polar surface area (TPSA) is 45.2 Å². The van der Waals surface area contributed by atoms with Gasteiger partial charge in [0.05, 0.1) is 17.4 Å². The number of hydrogen-bond acceptors (Lipinski definition) is 4. The molecule has 0 saturated heterocycles. The molecule has 0 radical (unpaired) electrons. The lowest BCUT2D eigenvalue weighted by molar-refractivity contribution is -0.109. The molecule has 1 aromatic rings. The van der Waals surface area contributed by atoms with E-state index in [1.54, 1.807) is 6.20 Å². The van der Waals surface area contributed by atoms with Crippen LogP contribution in [-0.2, 0) is 11.2 Å². The van der Waals surface area contributed by atoms with Crippen LogP contribution >= 0.6 is 0 Å². The van der Waals surface area contributed by atoms with Gasteiger partial charge in [-0.05, 0) is 19.2 Å². The van der Waals surface area contributed by atoms with Gasteiger partial charge in [-0.1, -0.05) is 0 Å². The van der Waals surface area contributed by atoms with Crippen LogP contribution in [0.4, 0.5) is 5.69 Å². The van der Waals surface area contributed by atoms with Gasteiger partial charge in [0.15, 0.2) is 0 Å². The van der Waals surface area contributed by atoms with E-state index in [0.717, 1.165) is 24.1 Å². The van der Waals surface area contributed by atoms with Crippen molar-refractivity contribution in [3.8, 4) is 0 Å². The summed E-state index contributed by atoms with van der Waals surface area (Å²) in [4.78, 5) is 17.4. The van der Waals surface area contributed by atoms with E-state index in [2.05, 4.69) is 10.3 Å². The minimum absolute atomic E-state index is 0.105. The Balaban J connectivity index is 2.40. The number of rotatable bonds is 2. The predicted molar refractivity (Wildman–Crippen MR) is 59.0 cm³/mol. The Labute approximate surface area is 89.3 Å². The van der Waals surface area contributed by atoms with E-state index >= 15 is 0 Å². The average Bonchev–Trinajstić information content (AvgIpc) is 2.29. The summed E-state index contributed by atoms with van der Waals surface area (Å²) in [5.74, 6) is 0. The minimum Gasteiger partial charge on any atom is -0.362 e. The number of carbonyl (C=O) groups excluding carboxylic acids is 1. The highest BCUT2D eigenvalue weighted by atomic mass is 16.1. The fraction of sp³-hybridized carbons (Fsp3) is 0.455. The number of likely N-dealkylation sites (N-methyl/N-ethyl adjacent to an activating group) is 2. The van der Waals surface area contributed by atoms with E-state index in [4.69, 9.17) is 0 Å². The summed E-state index contributed by atoms with van der Waals surface area (Å²) in [6.45, 7) is 0. The molecule has 0 bridgehead atoms. The first-order valence-corrected chi connectivity index (χ1v) is 5.07. The van der Waals surface area contributed by atoms with Crippen LogP contribution in [0.1, 0.15) is 5.69 Å². The lowest BCUT2D eigenvalue weighted by atomic mass is 9.96. The van der Waals surface area contributed by atoms with E-state index in [1.807, 2.05) is 31.1 Å². The van der Waals surface area contributed by atoms with Crippen LogP contribution in [0, 0.1) is 0 Å². The molecule has 0 aliphatic carbocycles. The summed E-state index contributed by atoms with van der Waals surface area (Å²) in [6.07, 6.45) is 3.60. The van der Waals surface area contributed by atoms with E-state index in [1.165, 1.54) is 0 Å². The second-order valence-corrected chi connectivity index (χ2v) is 3.81. The number of nitrogens with one attached hydrogen (secondary N) is 1. The van der Waals surface area contributed by atoms with Crippen molar-refractivity contribution in [1.82, 2.24) is 10.3 Å². The molecule has 0 saturated carbocycles. The van der Waals surface area contributed by atoms with Crippen LogP contribution in [0.25, 0.3) is 0 Å². The smallest absolute Gasteiger partial charge is 0.144 e. The van der Waals surface area contributed by atoms with Crippen LogP contribution in [0.2, 0.25) is 0 Å². The minimum atomic E-state index is -0.105. The van der Waals surface area contributed by atoms with Crippen molar-refractivity contribution in [2.75, 3.05) is 19.0 Å². The summed E-state index contributed by atoms with van der Waals surface area (Å²) in [6, 6.07) is 3.95. The van der Waals surface area contributed by atoms with Crippen molar-refractivity contribution in [3.63, 3.8) is 0 Å². The average molecular weight is 205 g/mol. The van der Waals surface area contributed by atoms with Gasteiger partial charge in [0.2, 0.25) is 0 Å². The summed E-state index contributed by atoms with van der Waals surface area (Å²) in [5, 5.41) is 3.16. The van der Waals surface area contributed by atoms with Gasteiger partial charge in [-0.3, -0.25) is 4.98 Å². The van der Waals surface area contributed by atoms with Crippen molar-refractivity contribution in [3.05, 3.63) is 24.0 Å². The lowest BCUT2D eigenvalue weighted by Crippen LogP contribution is -2.53. The molecule has 15 heavy (non-hydrogen) atoms. The van der Waals surface area contributed by atoms with Gasteiger partial charge < -0.3 is 15.0 Å². The number of fused-ring (bicyclic) bond motifs is 1. The van der Waals surface area contributed by atoms with Gasteiger partial charge in [0.1, 0.15) is 6.29 Å². The molecule has 0 amide bonds. The van der Waals surface area contributed by atoms with Crippen LogP contribution < -0.4 is 10.2 Å². The van der Waals surface area contributed by atoms with E-state index < -0.39 is 0 Å². The highest BCUT2D eigenvalue weighted by Gasteiger charge is 2.31. The molecule has 1 N–H and O–H groups in total. The van der Waals surface area contributed by atoms with Gasteiger partial charge in [0, 0.05) is 25.7 Å². The molecule has 2 heterocycles. The molecule has 4 heteroatoms. The third kappa shape index (κ3) is 1.61. The maximum Gasteiger partial charge on any atom is 0.144 e. The molecule has 2 rings (SSSR count). The number of aldehydes is 1. The molecule has 4 nitrogen and oxygen atoms in total. The first kappa shape index (κ1) is 10.1. The number of nitrogens with zero attached hydrogens (tertiary/aromatic N) is 2. The Bertz CT molecular complexity index is 367. The highest BCUT2D eigenvalue weighted by molar-refractivity contribution is 5.70. The Morgan fingerprint density at radius 2 is 2.47 bits per heavy atom. The van der Waals surface area contributed by atoms with Gasteiger partial charge in [-0.25, -0.2) is 0 Å². The Morgan fingerprint density at radius 3 is 3.13 bits per heavy atom. The molecule has 2 unspecified atom stereocenters. The Kier molecular flexibility index (Phi) is 2.68. The maximum absolute atomic E-state index is 11.0. The number of anilines is 1. The van der Waals surface area contributed by atoms with Crippen LogP contribution in [0.15, 0.2) is 18.3 Å². The number of pyridine rings is 1. The largest absolute Gasteiger partial charge is 0.362 e. The molecule has 1 aromatic heterocycles. The summed E-state index contributed by atoms with van der Waals surface area (Å²) in [7, 11) is 3.81. The zero-order valence-electron chi connectivity index (χ0n) is 8.97. The molecular weight excluding hydrogens is 190 g/mol. The van der Waals surface area contributed by atoms with Crippen LogP contribution in [-0.4, -0.2) is 37.4 Å². The third-order valence-electron chi connectivity index (χ3n) is 3.03. The van der Waals surface area contributed by atoms with Crippen molar-refractivity contribution in [1.29, 1.82) is 0 Å². The first-order chi connectivity index (χ1) is 7.27. The quantitative estimate of drug-likeness (QED) is 0.702. The molecular formula is C11H15N3O. The maximum atomic E-state index is 11.0. The summed E-state index contributed by atoms with van der Waals surface area (Å²) < 4.78 is 0. The van der Waals surface area contributed by atoms with Crippen molar-refractivity contribution >= 4 is 12.0 Å². The number of aromatic nitrogens is 1. The van der Waals surface area contributed by atoms with Crippen molar-refractivity contribution in [2.24, 2.45) is 0 Å². The third-order valence-corrected chi connectivity index (χ3v) is 3.03. The Hall–Kier alpha value is -1.42. The summed E-state index contributed by atoms with van der Waals surface area (Å²) in [5.41, 5.74) is 2.11. The van der Waals surface area contributed by atoms with E-state index in [0.29, 0.717) is 0 Å². The zero-order chi connectivity index (χ0) is 10.8. The van der Waals surface area contributed by atoms with Gasteiger partial charge >= 0.3 is 0 Å². The highest BCUT2D eigenvalue weighted by Crippen LogP contribution is 2.26. The summed E-state index contributed by atoms with van der Waals surface area (Å²) >= 11 is 0. The van der Waals surface area contributed by atoms with E-state index in [-0.39, 0.29) is 12.1 Å². The zero-order valence-corrected chi connectivity index (χ0v) is 8.97. The molecule has 2 atom stereocenters. The number of hydrogen-bond donors (Lipinski definition) is 1. The molecule has 1 aliphatic rings. The SMILES string of the molecule is CNC1Cc2ncccc2N(C)C1C=O. The van der Waals surface area contributed by atoms with Gasteiger partial charge in [-0.15, -0.1) is 0 Å². The normalized spacial score (nSPS) is 24.8. The van der Waals surface area contributed by atoms with Crippen molar-refractivity contribution < 1.29 is 4.79 Å². The molecule has 1 aliphatic heterocycles. The number of carbonyl (C=O) groups is 1. The van der Waals surface area contributed by atoms with Gasteiger partial charge in [0.25, 0.3) is 0 Å². The molecule has 0 spiro atoms. The molecule has 0 fully saturated rings. The fourth-order valence-electron chi connectivity index (χ4n) is 2.13. The fourth-order valence-corrected chi connectivity index (χ4v) is 2.13.